The van der Waals surface area contributed by atoms with E-state index in [-0.39, 0.29) is 35.0 Å². The molecule has 0 bridgehead atoms. The van der Waals surface area contributed by atoms with E-state index >= 15 is 0 Å². The van der Waals surface area contributed by atoms with Gasteiger partial charge in [-0.1, -0.05) is 48.5 Å². The number of nitrogens with zero attached hydrogens (tertiary/aromatic N) is 4. The molecule has 2 aromatic heterocycles. The number of hydrogen-bond acceptors (Lipinski definition) is 6. The van der Waals surface area contributed by atoms with Gasteiger partial charge >= 0.3 is 12.0 Å². The molecule has 4 aromatic rings. The molecule has 1 fully saturated rings. The predicted molar refractivity (Wildman–Crippen MR) is 146 cm³/mol. The number of hydrogen-bond donors (Lipinski definition) is 1. The van der Waals surface area contributed by atoms with Gasteiger partial charge < -0.3 is 14.7 Å². The van der Waals surface area contributed by atoms with Gasteiger partial charge in [-0.05, 0) is 23.8 Å². The lowest BCUT2D eigenvalue weighted by molar-refractivity contribution is -0.621. The highest BCUT2D eigenvalue weighted by molar-refractivity contribution is 6.16. The van der Waals surface area contributed by atoms with Crippen LogP contribution < -0.4 is 4.73 Å². The summed E-state index contributed by atoms with van der Waals surface area (Å²) >= 11 is 0. The molecule has 0 aliphatic carbocycles. The van der Waals surface area contributed by atoms with Crippen LogP contribution in [-0.4, -0.2) is 57.4 Å². The standard InChI is InChI=1S/C30H28N4O7/c1-17-18(2)34(40)26(33(17)16-19-10-6-5-7-11-19)24(25-27(35)31(3)30(39)32(4)28(25)36)23-15-14-22(41-23)20-12-8-9-13-21(20)29(37)38/h5-15,24-25H,16H2,1-4H3,(H,37,38)/t24-/m0/s1. The third-order valence-electron chi connectivity index (χ3n) is 7.64. The number of carbonyl (C=O) groups is 4. The molecule has 0 saturated carbocycles. The number of carboxylic acid groups (broad SMARTS) is 1. The van der Waals surface area contributed by atoms with Crippen LogP contribution in [0.1, 0.15) is 44.8 Å². The number of carbonyl (C=O) groups excluding carboxylic acids is 3. The van der Waals surface area contributed by atoms with Gasteiger partial charge in [0.25, 0.3) is 5.82 Å². The first-order valence-corrected chi connectivity index (χ1v) is 12.9. The fourth-order valence-electron chi connectivity index (χ4n) is 5.27. The summed E-state index contributed by atoms with van der Waals surface area (Å²) in [5.74, 6) is -5.10. The molecule has 1 aliphatic rings. The van der Waals surface area contributed by atoms with Crippen LogP contribution in [0.4, 0.5) is 4.79 Å². The van der Waals surface area contributed by atoms with E-state index in [9.17, 15) is 29.5 Å². The van der Waals surface area contributed by atoms with Gasteiger partial charge in [0.15, 0.2) is 0 Å². The van der Waals surface area contributed by atoms with E-state index in [0.717, 1.165) is 15.4 Å². The van der Waals surface area contributed by atoms with Crippen molar-refractivity contribution in [3.63, 3.8) is 0 Å². The summed E-state index contributed by atoms with van der Waals surface area (Å²) in [7, 11) is 2.55. The molecule has 11 nitrogen and oxygen atoms in total. The minimum atomic E-state index is -1.50. The van der Waals surface area contributed by atoms with E-state index in [1.54, 1.807) is 42.7 Å². The second kappa shape index (κ2) is 10.4. The van der Waals surface area contributed by atoms with Gasteiger partial charge in [0.2, 0.25) is 11.8 Å². The second-order valence-electron chi connectivity index (χ2n) is 9.98. The maximum Gasteiger partial charge on any atom is 0.336 e. The molecule has 41 heavy (non-hydrogen) atoms. The maximum atomic E-state index is 13.8. The van der Waals surface area contributed by atoms with Crippen LogP contribution in [0.15, 0.2) is 71.1 Å². The van der Waals surface area contributed by atoms with Crippen molar-refractivity contribution >= 4 is 23.8 Å². The van der Waals surface area contributed by atoms with Gasteiger partial charge in [-0.25, -0.2) is 18.9 Å². The van der Waals surface area contributed by atoms with Crippen LogP contribution in [0.5, 0.6) is 0 Å². The Bertz CT molecular complexity index is 1660. The van der Waals surface area contributed by atoms with Crippen molar-refractivity contribution < 1.29 is 33.4 Å². The van der Waals surface area contributed by atoms with Gasteiger partial charge in [-0.3, -0.25) is 19.4 Å². The van der Waals surface area contributed by atoms with Crippen LogP contribution in [0.3, 0.4) is 0 Å². The molecular formula is C30H28N4O7. The highest BCUT2D eigenvalue weighted by atomic mass is 16.5. The first-order chi connectivity index (χ1) is 19.5. The van der Waals surface area contributed by atoms with Crippen LogP contribution in [0.25, 0.3) is 11.3 Å². The predicted octanol–water partition coefficient (Wildman–Crippen LogP) is 3.54. The number of urea groups is 1. The molecule has 1 aliphatic heterocycles. The van der Waals surface area contributed by atoms with Crippen LogP contribution >= 0.6 is 0 Å². The lowest BCUT2D eigenvalue weighted by atomic mass is 9.85. The number of benzene rings is 2. The van der Waals surface area contributed by atoms with Crippen molar-refractivity contribution in [2.24, 2.45) is 5.92 Å². The van der Waals surface area contributed by atoms with Crippen LogP contribution in [0, 0.1) is 25.0 Å². The van der Waals surface area contributed by atoms with Crippen molar-refractivity contribution in [2.75, 3.05) is 14.1 Å². The van der Waals surface area contributed by atoms with Crippen molar-refractivity contribution in [2.45, 2.75) is 26.3 Å². The Morgan fingerprint density at radius 2 is 1.56 bits per heavy atom. The molecule has 11 heteroatoms. The van der Waals surface area contributed by atoms with E-state index in [2.05, 4.69) is 0 Å². The zero-order valence-electron chi connectivity index (χ0n) is 22.9. The molecule has 0 spiro atoms. The van der Waals surface area contributed by atoms with E-state index in [1.807, 2.05) is 30.3 Å². The van der Waals surface area contributed by atoms with Gasteiger partial charge in [-0.2, -0.15) is 0 Å². The summed E-state index contributed by atoms with van der Waals surface area (Å²) in [6.07, 6.45) is 0. The zero-order valence-corrected chi connectivity index (χ0v) is 22.9. The zero-order chi connectivity index (χ0) is 29.6. The lowest BCUT2D eigenvalue weighted by Gasteiger charge is -2.35. The smallest absolute Gasteiger partial charge is 0.336 e. The number of barbiturate groups is 1. The maximum absolute atomic E-state index is 13.8. The summed E-state index contributed by atoms with van der Waals surface area (Å²) in [4.78, 5) is 53.3. The van der Waals surface area contributed by atoms with E-state index in [1.165, 1.54) is 26.2 Å². The minimum Gasteiger partial charge on any atom is -0.711 e. The van der Waals surface area contributed by atoms with Crippen LogP contribution in [0.2, 0.25) is 0 Å². The Labute approximate surface area is 235 Å². The Morgan fingerprint density at radius 1 is 0.951 bits per heavy atom. The van der Waals surface area contributed by atoms with Gasteiger partial charge in [0, 0.05) is 33.5 Å². The van der Waals surface area contributed by atoms with E-state index < -0.39 is 35.7 Å². The van der Waals surface area contributed by atoms with Crippen molar-refractivity contribution in [3.8, 4) is 11.3 Å². The molecule has 0 radical (unpaired) electrons. The summed E-state index contributed by atoms with van der Waals surface area (Å²) in [6, 6.07) is 17.9. The summed E-state index contributed by atoms with van der Waals surface area (Å²) in [6.45, 7) is 3.69. The molecule has 1 N–H and O–H groups in total. The largest absolute Gasteiger partial charge is 0.711 e. The van der Waals surface area contributed by atoms with Gasteiger partial charge in [-0.15, -0.1) is 0 Å². The number of aromatic nitrogens is 2. The third-order valence-corrected chi connectivity index (χ3v) is 7.64. The number of carboxylic acids is 1. The SMILES string of the molecule is Cc1c(C)[n+]([O-])c([C@@H](c2ccc(-c3ccccc3C(=O)O)o2)C2C(=O)N(C)C(=O)N(C)C2=O)n1Cc1ccccc1. The molecule has 1 saturated heterocycles. The molecule has 5 rings (SSSR count). The fraction of sp³-hybridized carbons (Fsp3) is 0.233. The Hall–Kier alpha value is -5.19. The first-order valence-electron chi connectivity index (χ1n) is 12.9. The monoisotopic (exact) mass is 556 g/mol. The molecule has 2 aromatic carbocycles. The van der Waals surface area contributed by atoms with Gasteiger partial charge in [0.1, 0.15) is 41.3 Å². The fourth-order valence-corrected chi connectivity index (χ4v) is 5.27. The number of imidazole rings is 1. The molecule has 0 unspecified atom stereocenters. The lowest BCUT2D eigenvalue weighted by Crippen LogP contribution is -2.59. The Morgan fingerprint density at radius 3 is 2.20 bits per heavy atom. The van der Waals surface area contributed by atoms with Gasteiger partial charge in [0.05, 0.1) is 5.56 Å². The third kappa shape index (κ3) is 4.54. The minimum absolute atomic E-state index is 0.00198. The molecule has 210 valence electrons. The molecule has 3 heterocycles. The number of rotatable bonds is 7. The van der Waals surface area contributed by atoms with E-state index in [4.69, 9.17) is 4.42 Å². The normalized spacial score (nSPS) is 15.1. The number of imide groups is 2. The average Bonchev–Trinajstić information content (AvgIpc) is 3.54. The highest BCUT2D eigenvalue weighted by Gasteiger charge is 2.52. The van der Waals surface area contributed by atoms with Crippen LogP contribution in [-0.2, 0) is 16.1 Å². The molecule has 1 atom stereocenters. The number of aromatic carboxylic acids is 1. The molecular weight excluding hydrogens is 528 g/mol. The summed E-state index contributed by atoms with van der Waals surface area (Å²) < 4.78 is 8.61. The Balaban J connectivity index is 1.74. The van der Waals surface area contributed by atoms with Crippen molar-refractivity contribution in [1.29, 1.82) is 0 Å². The average molecular weight is 557 g/mol. The summed E-state index contributed by atoms with van der Waals surface area (Å²) in [5.41, 5.74) is 2.17. The number of amides is 4. The first kappa shape index (κ1) is 27.4. The summed E-state index contributed by atoms with van der Waals surface area (Å²) in [5, 5.41) is 23.5. The van der Waals surface area contributed by atoms with E-state index in [0.29, 0.717) is 16.1 Å². The quantitative estimate of drug-likeness (QED) is 0.209. The Kier molecular flexibility index (Phi) is 6.96. The van der Waals surface area contributed by atoms with Crippen molar-refractivity contribution in [3.05, 3.63) is 106 Å². The highest BCUT2D eigenvalue weighted by Crippen LogP contribution is 2.39. The molecule has 4 amide bonds. The topological polar surface area (TPSA) is 140 Å². The number of furan rings is 1. The second-order valence-corrected chi connectivity index (χ2v) is 9.98. The van der Waals surface area contributed by atoms with Crippen molar-refractivity contribution in [1.82, 2.24) is 14.4 Å².